The smallest absolute Gasteiger partial charge is 0.342 e. The molecule has 1 rings (SSSR count). The van der Waals surface area contributed by atoms with Crippen LogP contribution in [0.5, 0.6) is 0 Å². The van der Waals surface area contributed by atoms with Gasteiger partial charge in [-0.3, -0.25) is 4.79 Å². The first-order valence-corrected chi connectivity index (χ1v) is 7.20. The molecule has 7 nitrogen and oxygen atoms in total. The van der Waals surface area contributed by atoms with E-state index in [4.69, 9.17) is 5.11 Å². The van der Waals surface area contributed by atoms with Gasteiger partial charge in [0, 0.05) is 13.6 Å². The minimum Gasteiger partial charge on any atom is -0.481 e. The van der Waals surface area contributed by atoms with Gasteiger partial charge in [-0.2, -0.15) is 0 Å². The van der Waals surface area contributed by atoms with Gasteiger partial charge >= 0.3 is 11.9 Å². The fourth-order valence-electron chi connectivity index (χ4n) is 1.56. The van der Waals surface area contributed by atoms with Crippen LogP contribution in [0.2, 0.25) is 0 Å². The van der Waals surface area contributed by atoms with Gasteiger partial charge in [0.15, 0.2) is 0 Å². The van der Waals surface area contributed by atoms with E-state index in [1.165, 1.54) is 0 Å². The van der Waals surface area contributed by atoms with Gasteiger partial charge in [0.2, 0.25) is 10.0 Å². The predicted molar refractivity (Wildman–Crippen MR) is 69.8 cm³/mol. The highest BCUT2D eigenvalue weighted by Crippen LogP contribution is 2.22. The van der Waals surface area contributed by atoms with E-state index in [1.54, 1.807) is 0 Å². The second kappa shape index (κ2) is 6.64. The number of carbonyl (C=O) groups is 2. The Balaban J connectivity index is 3.29. The van der Waals surface area contributed by atoms with Crippen molar-refractivity contribution in [3.8, 4) is 0 Å². The Morgan fingerprint density at radius 1 is 1.38 bits per heavy atom. The maximum Gasteiger partial charge on any atom is 0.342 e. The summed E-state index contributed by atoms with van der Waals surface area (Å²) in [5.41, 5.74) is -0.706. The fourth-order valence-corrected chi connectivity index (χ4v) is 2.92. The van der Waals surface area contributed by atoms with Crippen LogP contribution >= 0.6 is 0 Å². The number of rotatable bonds is 6. The number of halogens is 1. The molecule has 0 aliphatic rings. The highest BCUT2D eigenvalue weighted by Gasteiger charge is 2.29. The summed E-state index contributed by atoms with van der Waals surface area (Å²) in [4.78, 5) is 21.5. The van der Waals surface area contributed by atoms with E-state index in [9.17, 15) is 22.4 Å². The third kappa shape index (κ3) is 3.76. The van der Waals surface area contributed by atoms with Crippen molar-refractivity contribution in [1.82, 2.24) is 4.31 Å². The summed E-state index contributed by atoms with van der Waals surface area (Å²) in [6.07, 6.45) is -0.418. The van der Waals surface area contributed by atoms with Crippen molar-refractivity contribution in [1.29, 1.82) is 0 Å². The van der Waals surface area contributed by atoms with Gasteiger partial charge in [0.05, 0.1) is 18.4 Å². The van der Waals surface area contributed by atoms with Gasteiger partial charge in [-0.15, -0.1) is 0 Å². The molecule has 116 valence electrons. The van der Waals surface area contributed by atoms with Crippen molar-refractivity contribution in [3.05, 3.63) is 29.6 Å². The zero-order valence-electron chi connectivity index (χ0n) is 11.4. The predicted octanol–water partition coefficient (Wildman–Crippen LogP) is 0.708. The molecule has 0 saturated carbocycles. The van der Waals surface area contributed by atoms with E-state index in [-0.39, 0.29) is 6.54 Å². The molecule has 1 aromatic rings. The summed E-state index contributed by atoms with van der Waals surface area (Å²) in [7, 11) is -2.07. The Bertz CT molecular complexity index is 658. The molecule has 1 aromatic carbocycles. The van der Waals surface area contributed by atoms with Gasteiger partial charge in [-0.1, -0.05) is 6.07 Å². The number of esters is 1. The lowest BCUT2D eigenvalue weighted by Gasteiger charge is -2.18. The molecule has 0 unspecified atom stereocenters. The lowest BCUT2D eigenvalue weighted by Crippen LogP contribution is -2.30. The summed E-state index contributed by atoms with van der Waals surface area (Å²) >= 11 is 0. The maximum atomic E-state index is 13.7. The van der Waals surface area contributed by atoms with Crippen molar-refractivity contribution >= 4 is 22.0 Å². The van der Waals surface area contributed by atoms with Crippen LogP contribution in [0.3, 0.4) is 0 Å². The summed E-state index contributed by atoms with van der Waals surface area (Å²) in [6.45, 7) is -0.311. The molecule has 1 N–H and O–H groups in total. The first-order chi connectivity index (χ1) is 9.71. The Morgan fingerprint density at radius 3 is 2.52 bits per heavy atom. The van der Waals surface area contributed by atoms with Gasteiger partial charge < -0.3 is 9.84 Å². The standard InChI is InChI=1S/C12H14FNO6S/c1-14(7-6-10(15)16)21(18,19)9-5-3-4-8(13)11(9)12(17)20-2/h3-5H,6-7H2,1-2H3,(H,15,16). The molecule has 0 amide bonds. The molecular formula is C12H14FNO6S. The number of sulfonamides is 1. The zero-order chi connectivity index (χ0) is 16.2. The van der Waals surface area contributed by atoms with Crippen LogP contribution < -0.4 is 0 Å². The molecule has 0 heterocycles. The summed E-state index contributed by atoms with van der Waals surface area (Å²) < 4.78 is 43.4. The molecule has 0 atom stereocenters. The summed E-state index contributed by atoms with van der Waals surface area (Å²) in [6, 6.07) is 3.13. The van der Waals surface area contributed by atoms with Crippen LogP contribution in [0.25, 0.3) is 0 Å². The molecule has 0 bridgehead atoms. The van der Waals surface area contributed by atoms with Crippen LogP contribution in [-0.4, -0.2) is 50.5 Å². The van der Waals surface area contributed by atoms with Crippen molar-refractivity contribution < 1.29 is 32.2 Å². The third-order valence-electron chi connectivity index (χ3n) is 2.69. The van der Waals surface area contributed by atoms with Gasteiger partial charge in [0.1, 0.15) is 11.4 Å². The van der Waals surface area contributed by atoms with Crippen LogP contribution in [-0.2, 0) is 19.6 Å². The molecule has 21 heavy (non-hydrogen) atoms. The lowest BCUT2D eigenvalue weighted by atomic mass is 10.2. The van der Waals surface area contributed by atoms with Crippen LogP contribution in [0.1, 0.15) is 16.8 Å². The topological polar surface area (TPSA) is 101 Å². The van der Waals surface area contributed by atoms with Crippen molar-refractivity contribution in [2.75, 3.05) is 20.7 Å². The van der Waals surface area contributed by atoms with Crippen LogP contribution in [0.15, 0.2) is 23.1 Å². The first kappa shape index (κ1) is 17.1. The number of carboxylic acids is 1. The second-order valence-corrected chi connectivity index (χ2v) is 6.09. The highest BCUT2D eigenvalue weighted by atomic mass is 32.2. The van der Waals surface area contributed by atoms with Crippen molar-refractivity contribution in [2.24, 2.45) is 0 Å². The van der Waals surface area contributed by atoms with Crippen molar-refractivity contribution in [3.63, 3.8) is 0 Å². The number of methoxy groups -OCH3 is 1. The average molecular weight is 319 g/mol. The Labute approximate surface area is 121 Å². The maximum absolute atomic E-state index is 13.7. The van der Waals surface area contributed by atoms with Crippen LogP contribution in [0.4, 0.5) is 4.39 Å². The SMILES string of the molecule is COC(=O)c1c(F)cccc1S(=O)(=O)N(C)CCC(=O)O. The molecule has 0 fully saturated rings. The van der Waals surface area contributed by atoms with Gasteiger partial charge in [-0.05, 0) is 12.1 Å². The largest absolute Gasteiger partial charge is 0.481 e. The number of aliphatic carboxylic acids is 1. The number of carbonyl (C=O) groups excluding carboxylic acids is 1. The molecule has 0 aliphatic carbocycles. The summed E-state index contributed by atoms with van der Waals surface area (Å²) in [5.74, 6) is -3.34. The number of nitrogens with zero attached hydrogens (tertiary/aromatic N) is 1. The Hall–Kier alpha value is -2.00. The highest BCUT2D eigenvalue weighted by molar-refractivity contribution is 7.89. The van der Waals surface area contributed by atoms with E-state index < -0.39 is 44.7 Å². The van der Waals surface area contributed by atoms with E-state index in [2.05, 4.69) is 4.74 Å². The molecule has 0 spiro atoms. The van der Waals surface area contributed by atoms with E-state index in [0.717, 1.165) is 36.7 Å². The molecule has 0 radical (unpaired) electrons. The van der Waals surface area contributed by atoms with E-state index in [0.29, 0.717) is 0 Å². The van der Waals surface area contributed by atoms with E-state index in [1.807, 2.05) is 0 Å². The summed E-state index contributed by atoms with van der Waals surface area (Å²) in [5, 5.41) is 8.57. The van der Waals surface area contributed by atoms with Gasteiger partial charge in [0.25, 0.3) is 0 Å². The molecule has 9 heteroatoms. The van der Waals surface area contributed by atoms with Crippen molar-refractivity contribution in [2.45, 2.75) is 11.3 Å². The quantitative estimate of drug-likeness (QED) is 0.775. The molecule has 0 aliphatic heterocycles. The minimum atomic E-state index is -4.21. The number of ether oxygens (including phenoxy) is 1. The van der Waals surface area contributed by atoms with E-state index >= 15 is 0 Å². The molecule has 0 aromatic heterocycles. The fraction of sp³-hybridized carbons (Fsp3) is 0.333. The van der Waals surface area contributed by atoms with Gasteiger partial charge in [-0.25, -0.2) is 21.9 Å². The first-order valence-electron chi connectivity index (χ1n) is 5.76. The minimum absolute atomic E-state index is 0.311. The number of hydrogen-bond acceptors (Lipinski definition) is 5. The number of benzene rings is 1. The molecular weight excluding hydrogens is 305 g/mol. The number of carboxylic acid groups (broad SMARTS) is 1. The number of hydrogen-bond donors (Lipinski definition) is 1. The Morgan fingerprint density at radius 2 is 2.00 bits per heavy atom. The van der Waals surface area contributed by atoms with Crippen LogP contribution in [0, 0.1) is 5.82 Å². The normalized spacial score (nSPS) is 11.4. The second-order valence-electron chi connectivity index (χ2n) is 4.07. The monoisotopic (exact) mass is 319 g/mol. The Kier molecular flexibility index (Phi) is 5.39. The average Bonchev–Trinajstić information content (AvgIpc) is 2.43. The molecule has 0 saturated heterocycles. The zero-order valence-corrected chi connectivity index (χ0v) is 12.2. The lowest BCUT2D eigenvalue weighted by molar-refractivity contribution is -0.137. The third-order valence-corrected chi connectivity index (χ3v) is 4.59.